The lowest BCUT2D eigenvalue weighted by atomic mass is 10.3. The van der Waals surface area contributed by atoms with Crippen LogP contribution in [0.2, 0.25) is 0 Å². The van der Waals surface area contributed by atoms with Crippen molar-refractivity contribution in [3.8, 4) is 23.0 Å². The fourth-order valence-electron chi connectivity index (χ4n) is 1.98. The Bertz CT molecular complexity index is 617. The van der Waals surface area contributed by atoms with Gasteiger partial charge in [0.1, 0.15) is 42.3 Å². The second kappa shape index (κ2) is 9.00. The van der Waals surface area contributed by atoms with E-state index in [4.69, 9.17) is 9.47 Å². The van der Waals surface area contributed by atoms with Gasteiger partial charge in [0.2, 0.25) is 0 Å². The van der Waals surface area contributed by atoms with Gasteiger partial charge in [-0.25, -0.2) is 0 Å². The minimum Gasteiger partial charge on any atom is -0.508 e. The lowest BCUT2D eigenvalue weighted by molar-refractivity contribution is 0.101. The number of nitrogens with one attached hydrogen (secondary N) is 1. The molecule has 0 bridgehead atoms. The first-order valence-corrected chi connectivity index (χ1v) is 7.78. The van der Waals surface area contributed by atoms with Gasteiger partial charge >= 0.3 is 0 Å². The van der Waals surface area contributed by atoms with Gasteiger partial charge in [0.25, 0.3) is 0 Å². The van der Waals surface area contributed by atoms with Crippen molar-refractivity contribution in [2.75, 3.05) is 19.8 Å². The van der Waals surface area contributed by atoms with Gasteiger partial charge in [-0.1, -0.05) is 6.07 Å². The van der Waals surface area contributed by atoms with E-state index in [-0.39, 0.29) is 24.1 Å². The summed E-state index contributed by atoms with van der Waals surface area (Å²) in [7, 11) is 0. The topological polar surface area (TPSA) is 91.2 Å². The Kier molecular flexibility index (Phi) is 6.72. The van der Waals surface area contributed by atoms with Gasteiger partial charge in [-0.15, -0.1) is 0 Å². The number of aliphatic hydroxyl groups is 1. The lowest BCUT2D eigenvalue weighted by Crippen LogP contribution is -2.39. The van der Waals surface area contributed by atoms with Crippen molar-refractivity contribution >= 4 is 0 Å². The maximum atomic E-state index is 9.92. The van der Waals surface area contributed by atoms with Crippen LogP contribution >= 0.6 is 0 Å². The van der Waals surface area contributed by atoms with Gasteiger partial charge in [-0.3, -0.25) is 0 Å². The number of phenolic OH excluding ortho intramolecular Hbond substituents is 2. The van der Waals surface area contributed by atoms with E-state index in [1.807, 2.05) is 6.92 Å². The van der Waals surface area contributed by atoms with E-state index < -0.39 is 6.10 Å². The van der Waals surface area contributed by atoms with Crippen LogP contribution in [0, 0.1) is 0 Å². The van der Waals surface area contributed by atoms with Crippen LogP contribution in [0.5, 0.6) is 23.0 Å². The summed E-state index contributed by atoms with van der Waals surface area (Å²) < 4.78 is 11.0. The maximum Gasteiger partial charge on any atom is 0.123 e. The largest absolute Gasteiger partial charge is 0.508 e. The third kappa shape index (κ3) is 6.36. The number of phenols is 2. The summed E-state index contributed by atoms with van der Waals surface area (Å²) >= 11 is 0. The second-order valence-corrected chi connectivity index (χ2v) is 5.58. The molecule has 24 heavy (non-hydrogen) atoms. The molecule has 130 valence electrons. The van der Waals surface area contributed by atoms with Gasteiger partial charge in [0.05, 0.1) is 0 Å². The molecule has 0 amide bonds. The normalized spacial score (nSPS) is 13.2. The van der Waals surface area contributed by atoms with E-state index in [0.29, 0.717) is 24.7 Å². The van der Waals surface area contributed by atoms with E-state index in [9.17, 15) is 15.3 Å². The Morgan fingerprint density at radius 1 is 0.917 bits per heavy atom. The number of hydrogen-bond acceptors (Lipinski definition) is 6. The van der Waals surface area contributed by atoms with E-state index >= 15 is 0 Å². The first-order valence-electron chi connectivity index (χ1n) is 7.78. The standard InChI is InChI=1S/C18H23NO5/c1-13(11-23-18-4-2-3-15(21)9-18)19-10-16(22)12-24-17-7-5-14(20)6-8-17/h2-9,13,16,19-22H,10-12H2,1H3. The summed E-state index contributed by atoms with van der Waals surface area (Å²) in [5, 5.41) is 31.6. The molecule has 0 fully saturated rings. The Hall–Kier alpha value is -2.44. The summed E-state index contributed by atoms with van der Waals surface area (Å²) in [5.74, 6) is 1.52. The Balaban J connectivity index is 1.63. The smallest absolute Gasteiger partial charge is 0.123 e. The molecule has 2 atom stereocenters. The van der Waals surface area contributed by atoms with E-state index in [0.717, 1.165) is 0 Å². The average Bonchev–Trinajstić information content (AvgIpc) is 2.57. The quantitative estimate of drug-likeness (QED) is 0.560. The van der Waals surface area contributed by atoms with Crippen molar-refractivity contribution in [2.24, 2.45) is 0 Å². The summed E-state index contributed by atoms with van der Waals surface area (Å²) in [5.41, 5.74) is 0. The summed E-state index contributed by atoms with van der Waals surface area (Å²) in [6.45, 7) is 2.87. The predicted octanol–water partition coefficient (Wildman–Crippen LogP) is 1.89. The van der Waals surface area contributed by atoms with Gasteiger partial charge in [-0.05, 0) is 43.3 Å². The Labute approximate surface area is 141 Å². The molecule has 0 aliphatic carbocycles. The molecule has 6 nitrogen and oxygen atoms in total. The van der Waals surface area contributed by atoms with Crippen LogP contribution in [0.3, 0.4) is 0 Å². The molecular formula is C18H23NO5. The molecule has 0 radical (unpaired) electrons. The predicted molar refractivity (Wildman–Crippen MR) is 90.7 cm³/mol. The number of rotatable bonds is 9. The van der Waals surface area contributed by atoms with Crippen LogP contribution in [-0.2, 0) is 0 Å². The number of ether oxygens (including phenoxy) is 2. The lowest BCUT2D eigenvalue weighted by Gasteiger charge is -2.18. The maximum absolute atomic E-state index is 9.92. The third-order valence-corrected chi connectivity index (χ3v) is 3.30. The summed E-state index contributed by atoms with van der Waals surface area (Å²) in [6, 6.07) is 13.0. The summed E-state index contributed by atoms with van der Waals surface area (Å²) in [6.07, 6.45) is -0.665. The molecule has 0 aliphatic heterocycles. The SMILES string of the molecule is CC(COc1cccc(O)c1)NCC(O)COc1ccc(O)cc1. The van der Waals surface area contributed by atoms with Crippen molar-refractivity contribution in [2.45, 2.75) is 19.1 Å². The molecule has 0 saturated heterocycles. The zero-order valence-corrected chi connectivity index (χ0v) is 13.6. The molecule has 0 heterocycles. The van der Waals surface area contributed by atoms with Crippen LogP contribution in [0.4, 0.5) is 0 Å². The molecule has 4 N–H and O–H groups in total. The van der Waals surface area contributed by atoms with E-state index in [1.165, 1.54) is 12.1 Å². The number of benzene rings is 2. The van der Waals surface area contributed by atoms with Crippen LogP contribution in [0.15, 0.2) is 48.5 Å². The van der Waals surface area contributed by atoms with Gasteiger partial charge in [0, 0.05) is 18.7 Å². The Morgan fingerprint density at radius 2 is 1.62 bits per heavy atom. The highest BCUT2D eigenvalue weighted by molar-refractivity contribution is 5.31. The van der Waals surface area contributed by atoms with Crippen molar-refractivity contribution in [3.05, 3.63) is 48.5 Å². The monoisotopic (exact) mass is 333 g/mol. The fourth-order valence-corrected chi connectivity index (χ4v) is 1.98. The zero-order chi connectivity index (χ0) is 17.4. The molecule has 2 unspecified atom stereocenters. The van der Waals surface area contributed by atoms with Crippen molar-refractivity contribution < 1.29 is 24.8 Å². The first kappa shape index (κ1) is 17.9. The Morgan fingerprint density at radius 3 is 2.33 bits per heavy atom. The molecule has 6 heteroatoms. The molecular weight excluding hydrogens is 310 g/mol. The molecule has 2 aromatic rings. The van der Waals surface area contributed by atoms with Crippen LogP contribution < -0.4 is 14.8 Å². The summed E-state index contributed by atoms with van der Waals surface area (Å²) in [4.78, 5) is 0. The number of aliphatic hydroxyl groups excluding tert-OH is 1. The average molecular weight is 333 g/mol. The number of hydrogen-bond donors (Lipinski definition) is 4. The van der Waals surface area contributed by atoms with Crippen molar-refractivity contribution in [1.29, 1.82) is 0 Å². The van der Waals surface area contributed by atoms with Crippen molar-refractivity contribution in [1.82, 2.24) is 5.32 Å². The van der Waals surface area contributed by atoms with E-state index in [2.05, 4.69) is 5.32 Å². The van der Waals surface area contributed by atoms with Gasteiger partial charge < -0.3 is 30.1 Å². The minimum atomic E-state index is -0.665. The highest BCUT2D eigenvalue weighted by Gasteiger charge is 2.09. The number of aromatic hydroxyl groups is 2. The third-order valence-electron chi connectivity index (χ3n) is 3.30. The van der Waals surface area contributed by atoms with Crippen molar-refractivity contribution in [3.63, 3.8) is 0 Å². The molecule has 0 aliphatic rings. The molecule has 2 rings (SSSR count). The highest BCUT2D eigenvalue weighted by atomic mass is 16.5. The molecule has 0 spiro atoms. The zero-order valence-electron chi connectivity index (χ0n) is 13.6. The molecule has 2 aromatic carbocycles. The van der Waals surface area contributed by atoms with Crippen LogP contribution in [-0.4, -0.2) is 47.2 Å². The van der Waals surface area contributed by atoms with Gasteiger partial charge in [-0.2, -0.15) is 0 Å². The minimum absolute atomic E-state index is 0.0238. The van der Waals surface area contributed by atoms with E-state index in [1.54, 1.807) is 36.4 Å². The first-order chi connectivity index (χ1) is 11.5. The van der Waals surface area contributed by atoms with Crippen LogP contribution in [0.25, 0.3) is 0 Å². The fraction of sp³-hybridized carbons (Fsp3) is 0.333. The molecule has 0 saturated carbocycles. The van der Waals surface area contributed by atoms with Gasteiger partial charge in [0.15, 0.2) is 0 Å². The highest BCUT2D eigenvalue weighted by Crippen LogP contribution is 2.18. The molecule has 0 aromatic heterocycles. The van der Waals surface area contributed by atoms with Crippen LogP contribution in [0.1, 0.15) is 6.92 Å². The second-order valence-electron chi connectivity index (χ2n) is 5.58.